The molecule has 82 valence electrons. The van der Waals surface area contributed by atoms with Crippen LogP contribution >= 0.6 is 11.6 Å². The van der Waals surface area contributed by atoms with E-state index in [0.717, 1.165) is 31.2 Å². The van der Waals surface area contributed by atoms with Crippen molar-refractivity contribution in [3.8, 4) is 0 Å². The number of nitrogens with zero attached hydrogens (tertiary/aromatic N) is 1. The molecule has 0 amide bonds. The van der Waals surface area contributed by atoms with Gasteiger partial charge in [0.05, 0.1) is 0 Å². The third-order valence-electron chi connectivity index (χ3n) is 2.78. The van der Waals surface area contributed by atoms with Gasteiger partial charge in [-0.2, -0.15) is 0 Å². The number of rotatable bonds is 1. The second-order valence-corrected chi connectivity index (χ2v) is 4.67. The average molecular weight is 225 g/mol. The Morgan fingerprint density at radius 2 is 2.07 bits per heavy atom. The van der Waals surface area contributed by atoms with Gasteiger partial charge < -0.3 is 10.2 Å². The molecule has 0 aromatic heterocycles. The number of benzene rings is 1. The monoisotopic (exact) mass is 224 g/mol. The van der Waals surface area contributed by atoms with E-state index in [1.54, 1.807) is 0 Å². The molecule has 1 aromatic carbocycles. The highest BCUT2D eigenvalue weighted by Gasteiger charge is 2.14. The summed E-state index contributed by atoms with van der Waals surface area (Å²) in [5.74, 6) is 0.697. The van der Waals surface area contributed by atoms with Gasteiger partial charge in [-0.05, 0) is 36.7 Å². The van der Waals surface area contributed by atoms with Gasteiger partial charge in [0.15, 0.2) is 0 Å². The molecule has 1 unspecified atom stereocenters. The molecule has 1 aliphatic rings. The van der Waals surface area contributed by atoms with E-state index in [-0.39, 0.29) is 0 Å². The smallest absolute Gasteiger partial charge is 0.0407 e. The molecule has 2 rings (SSSR count). The third-order valence-corrected chi connectivity index (χ3v) is 3.03. The Morgan fingerprint density at radius 1 is 1.33 bits per heavy atom. The quantitative estimate of drug-likeness (QED) is 0.788. The molecular formula is C12H17ClN2. The van der Waals surface area contributed by atoms with Crippen LogP contribution in [0.5, 0.6) is 0 Å². The van der Waals surface area contributed by atoms with Gasteiger partial charge in [-0.3, -0.25) is 0 Å². The number of hydrogen-bond donors (Lipinski definition) is 1. The lowest BCUT2D eigenvalue weighted by molar-refractivity contribution is 0.564. The van der Waals surface area contributed by atoms with E-state index < -0.39 is 0 Å². The molecule has 1 fully saturated rings. The summed E-state index contributed by atoms with van der Waals surface area (Å²) in [5.41, 5.74) is 1.27. The molecule has 1 aromatic rings. The van der Waals surface area contributed by atoms with Gasteiger partial charge in [0.1, 0.15) is 0 Å². The molecule has 1 N–H and O–H groups in total. The third kappa shape index (κ3) is 2.86. The van der Waals surface area contributed by atoms with Crippen LogP contribution in [0.4, 0.5) is 5.69 Å². The predicted molar refractivity (Wildman–Crippen MR) is 65.7 cm³/mol. The minimum atomic E-state index is 0.697. The van der Waals surface area contributed by atoms with Crippen LogP contribution in [0.1, 0.15) is 6.92 Å². The fraction of sp³-hybridized carbons (Fsp3) is 0.500. The van der Waals surface area contributed by atoms with Crippen LogP contribution in [0, 0.1) is 5.92 Å². The highest BCUT2D eigenvalue weighted by atomic mass is 35.5. The van der Waals surface area contributed by atoms with E-state index in [1.807, 2.05) is 12.1 Å². The normalized spacial score (nSPS) is 22.5. The van der Waals surface area contributed by atoms with Crippen LogP contribution in [-0.4, -0.2) is 26.2 Å². The van der Waals surface area contributed by atoms with Crippen molar-refractivity contribution >= 4 is 17.3 Å². The standard InChI is InChI=1S/C12H17ClN2/c1-10-8-14-6-7-15(9-10)12-4-2-11(13)3-5-12/h2-5,10,14H,6-9H2,1H3. The van der Waals surface area contributed by atoms with Crippen LogP contribution < -0.4 is 10.2 Å². The zero-order chi connectivity index (χ0) is 10.7. The van der Waals surface area contributed by atoms with E-state index in [4.69, 9.17) is 11.6 Å². The Kier molecular flexibility index (Phi) is 3.49. The number of halogens is 1. The SMILES string of the molecule is CC1CNCCN(c2ccc(Cl)cc2)C1. The summed E-state index contributed by atoms with van der Waals surface area (Å²) in [6, 6.07) is 8.11. The first-order valence-corrected chi connectivity index (χ1v) is 5.85. The fourth-order valence-electron chi connectivity index (χ4n) is 1.98. The molecule has 0 radical (unpaired) electrons. The van der Waals surface area contributed by atoms with Gasteiger partial charge in [0.25, 0.3) is 0 Å². The summed E-state index contributed by atoms with van der Waals surface area (Å²) in [6.45, 7) is 6.65. The van der Waals surface area contributed by atoms with E-state index >= 15 is 0 Å². The Hall–Kier alpha value is -0.730. The van der Waals surface area contributed by atoms with Crippen LogP contribution in [0.15, 0.2) is 24.3 Å². The fourth-order valence-corrected chi connectivity index (χ4v) is 2.11. The van der Waals surface area contributed by atoms with Crippen LogP contribution in [0.3, 0.4) is 0 Å². The predicted octanol–water partition coefficient (Wildman–Crippen LogP) is 2.39. The molecule has 1 aliphatic heterocycles. The molecule has 3 heteroatoms. The first-order valence-electron chi connectivity index (χ1n) is 5.47. The van der Waals surface area contributed by atoms with Crippen molar-refractivity contribution < 1.29 is 0 Å². The van der Waals surface area contributed by atoms with Gasteiger partial charge in [0.2, 0.25) is 0 Å². The van der Waals surface area contributed by atoms with Crippen molar-refractivity contribution in [3.63, 3.8) is 0 Å². The van der Waals surface area contributed by atoms with E-state index in [0.29, 0.717) is 5.92 Å². The lowest BCUT2D eigenvalue weighted by Gasteiger charge is -2.24. The molecule has 15 heavy (non-hydrogen) atoms. The van der Waals surface area contributed by atoms with Gasteiger partial charge in [-0.25, -0.2) is 0 Å². The zero-order valence-corrected chi connectivity index (χ0v) is 9.80. The molecule has 1 heterocycles. The average Bonchev–Trinajstić information content (AvgIpc) is 2.44. The maximum Gasteiger partial charge on any atom is 0.0407 e. The van der Waals surface area contributed by atoms with Crippen molar-refractivity contribution in [1.29, 1.82) is 0 Å². The Morgan fingerprint density at radius 3 is 2.80 bits per heavy atom. The second-order valence-electron chi connectivity index (χ2n) is 4.23. The summed E-state index contributed by atoms with van der Waals surface area (Å²) >= 11 is 5.88. The number of anilines is 1. The Labute approximate surface area is 96.2 Å². The maximum atomic E-state index is 5.88. The van der Waals surface area contributed by atoms with Crippen LogP contribution in [0.25, 0.3) is 0 Å². The van der Waals surface area contributed by atoms with Crippen LogP contribution in [-0.2, 0) is 0 Å². The van der Waals surface area contributed by atoms with Crippen LogP contribution in [0.2, 0.25) is 5.02 Å². The lowest BCUT2D eigenvalue weighted by atomic mass is 10.1. The van der Waals surface area contributed by atoms with Gasteiger partial charge in [0, 0.05) is 30.3 Å². The Balaban J connectivity index is 2.11. The molecule has 0 spiro atoms. The van der Waals surface area contributed by atoms with Crippen molar-refractivity contribution in [1.82, 2.24) is 5.32 Å². The van der Waals surface area contributed by atoms with Gasteiger partial charge >= 0.3 is 0 Å². The second kappa shape index (κ2) is 4.86. The molecule has 2 nitrogen and oxygen atoms in total. The first kappa shape index (κ1) is 10.8. The molecule has 0 bridgehead atoms. The van der Waals surface area contributed by atoms with Gasteiger partial charge in [-0.15, -0.1) is 0 Å². The summed E-state index contributed by atoms with van der Waals surface area (Å²) in [6.07, 6.45) is 0. The highest BCUT2D eigenvalue weighted by molar-refractivity contribution is 6.30. The molecule has 0 aliphatic carbocycles. The van der Waals surface area contributed by atoms with E-state index in [1.165, 1.54) is 5.69 Å². The zero-order valence-electron chi connectivity index (χ0n) is 9.04. The summed E-state index contributed by atoms with van der Waals surface area (Å²) in [7, 11) is 0. The topological polar surface area (TPSA) is 15.3 Å². The molecule has 0 saturated carbocycles. The molecule has 1 atom stereocenters. The Bertz CT molecular complexity index is 310. The number of nitrogens with one attached hydrogen (secondary N) is 1. The lowest BCUT2D eigenvalue weighted by Crippen LogP contribution is -2.29. The molecular weight excluding hydrogens is 208 g/mol. The maximum absolute atomic E-state index is 5.88. The first-order chi connectivity index (χ1) is 7.25. The summed E-state index contributed by atoms with van der Waals surface area (Å²) in [5, 5.41) is 4.25. The largest absolute Gasteiger partial charge is 0.370 e. The van der Waals surface area contributed by atoms with E-state index in [9.17, 15) is 0 Å². The highest BCUT2D eigenvalue weighted by Crippen LogP contribution is 2.19. The minimum Gasteiger partial charge on any atom is -0.370 e. The van der Waals surface area contributed by atoms with Crippen molar-refractivity contribution in [2.24, 2.45) is 5.92 Å². The van der Waals surface area contributed by atoms with Gasteiger partial charge in [-0.1, -0.05) is 18.5 Å². The minimum absolute atomic E-state index is 0.697. The summed E-state index contributed by atoms with van der Waals surface area (Å²) in [4.78, 5) is 2.42. The molecule has 1 saturated heterocycles. The summed E-state index contributed by atoms with van der Waals surface area (Å²) < 4.78 is 0. The van der Waals surface area contributed by atoms with E-state index in [2.05, 4.69) is 29.3 Å². The van der Waals surface area contributed by atoms with Crippen molar-refractivity contribution in [3.05, 3.63) is 29.3 Å². The number of hydrogen-bond acceptors (Lipinski definition) is 2. The van der Waals surface area contributed by atoms with Crippen molar-refractivity contribution in [2.75, 3.05) is 31.1 Å². The van der Waals surface area contributed by atoms with Crippen molar-refractivity contribution in [2.45, 2.75) is 6.92 Å².